The lowest BCUT2D eigenvalue weighted by Gasteiger charge is -2.09. The highest BCUT2D eigenvalue weighted by atomic mass is 17.2. The van der Waals surface area contributed by atoms with Gasteiger partial charge in [0.25, 0.3) is 0 Å². The van der Waals surface area contributed by atoms with Gasteiger partial charge in [-0.05, 0) is 17.7 Å². The molecule has 21 heavy (non-hydrogen) atoms. The van der Waals surface area contributed by atoms with Gasteiger partial charge >= 0.3 is 12.2 Å². The van der Waals surface area contributed by atoms with Gasteiger partial charge in [-0.15, -0.1) is 4.89 Å². The molecule has 2 aromatic carbocycles. The van der Waals surface area contributed by atoms with E-state index in [-0.39, 0.29) is 12.0 Å². The second kappa shape index (κ2) is 7.16. The first-order valence-electron chi connectivity index (χ1n) is 6.27. The van der Waals surface area contributed by atoms with Crippen molar-refractivity contribution in [3.8, 4) is 0 Å². The van der Waals surface area contributed by atoms with Gasteiger partial charge in [0.1, 0.15) is 0 Å². The van der Waals surface area contributed by atoms with Gasteiger partial charge in [0, 0.05) is 0 Å². The standard InChI is InChI=1S/C15H13NO5/c17-15(13-9-5-2-6-10-13)21-20-14(16(18)19)11-12-7-3-1-4-8-12/h1-10,14H,11H2. The van der Waals surface area contributed by atoms with Crippen LogP contribution in [0.15, 0.2) is 60.7 Å². The molecule has 0 heterocycles. The minimum absolute atomic E-state index is 0.00983. The Balaban J connectivity index is 1.95. The van der Waals surface area contributed by atoms with Crippen molar-refractivity contribution >= 4 is 5.97 Å². The fraction of sp³-hybridized carbons (Fsp3) is 0.133. The second-order valence-corrected chi connectivity index (χ2v) is 4.26. The topological polar surface area (TPSA) is 78.7 Å². The van der Waals surface area contributed by atoms with Crippen LogP contribution in [0.4, 0.5) is 0 Å². The molecule has 1 atom stereocenters. The largest absolute Gasteiger partial charge is 0.373 e. The van der Waals surface area contributed by atoms with E-state index < -0.39 is 17.1 Å². The molecule has 0 N–H and O–H groups in total. The molecule has 0 amide bonds. The summed E-state index contributed by atoms with van der Waals surface area (Å²) in [5.41, 5.74) is 0.981. The maximum atomic E-state index is 11.7. The van der Waals surface area contributed by atoms with Crippen LogP contribution in [0.25, 0.3) is 0 Å². The first-order chi connectivity index (χ1) is 10.2. The van der Waals surface area contributed by atoms with Gasteiger partial charge in [0.05, 0.1) is 16.9 Å². The van der Waals surface area contributed by atoms with Gasteiger partial charge in [-0.3, -0.25) is 15.0 Å². The smallest absolute Gasteiger partial charge is 0.286 e. The van der Waals surface area contributed by atoms with Crippen molar-refractivity contribution in [3.63, 3.8) is 0 Å². The van der Waals surface area contributed by atoms with Gasteiger partial charge in [-0.25, -0.2) is 4.79 Å². The molecule has 0 aromatic heterocycles. The van der Waals surface area contributed by atoms with E-state index in [2.05, 4.69) is 9.78 Å². The number of benzene rings is 2. The van der Waals surface area contributed by atoms with Gasteiger partial charge in [0.15, 0.2) is 0 Å². The third-order valence-corrected chi connectivity index (χ3v) is 2.73. The second-order valence-electron chi connectivity index (χ2n) is 4.26. The number of rotatable bonds is 6. The average molecular weight is 287 g/mol. The lowest BCUT2D eigenvalue weighted by Crippen LogP contribution is -2.27. The van der Waals surface area contributed by atoms with Crippen LogP contribution in [0.1, 0.15) is 15.9 Å². The normalized spacial score (nSPS) is 11.6. The Kier molecular flexibility index (Phi) is 5.00. The van der Waals surface area contributed by atoms with Crippen LogP contribution in [0, 0.1) is 10.1 Å². The molecule has 6 heteroatoms. The Hall–Kier alpha value is -2.73. The maximum Gasteiger partial charge on any atom is 0.373 e. The minimum atomic E-state index is -1.44. The fourth-order valence-corrected chi connectivity index (χ4v) is 1.68. The van der Waals surface area contributed by atoms with E-state index >= 15 is 0 Å². The summed E-state index contributed by atoms with van der Waals surface area (Å²) in [5, 5.41) is 10.9. The van der Waals surface area contributed by atoms with Crippen LogP contribution in [-0.4, -0.2) is 17.1 Å². The van der Waals surface area contributed by atoms with Gasteiger partial charge in [0.2, 0.25) is 0 Å². The molecule has 0 aliphatic rings. The molecule has 0 saturated heterocycles. The summed E-state index contributed by atoms with van der Waals surface area (Å²) in [5.74, 6) is -0.768. The van der Waals surface area contributed by atoms with Crippen molar-refractivity contribution in [2.24, 2.45) is 0 Å². The highest BCUT2D eigenvalue weighted by Crippen LogP contribution is 2.09. The molecular formula is C15H13NO5. The molecule has 2 aromatic rings. The van der Waals surface area contributed by atoms with E-state index in [9.17, 15) is 14.9 Å². The number of nitrogens with zero attached hydrogens (tertiary/aromatic N) is 1. The summed E-state index contributed by atoms with van der Waals surface area (Å²) >= 11 is 0. The zero-order valence-corrected chi connectivity index (χ0v) is 11.0. The van der Waals surface area contributed by atoms with Crippen LogP contribution < -0.4 is 0 Å². The zero-order valence-electron chi connectivity index (χ0n) is 11.0. The monoisotopic (exact) mass is 287 g/mol. The third-order valence-electron chi connectivity index (χ3n) is 2.73. The molecule has 2 rings (SSSR count). The lowest BCUT2D eigenvalue weighted by atomic mass is 10.1. The Morgan fingerprint density at radius 2 is 1.62 bits per heavy atom. The number of hydrogen-bond acceptors (Lipinski definition) is 5. The Morgan fingerprint density at radius 1 is 1.05 bits per heavy atom. The minimum Gasteiger partial charge on any atom is -0.286 e. The first-order valence-corrected chi connectivity index (χ1v) is 6.27. The first kappa shape index (κ1) is 14.7. The molecule has 0 fully saturated rings. The molecule has 0 saturated carbocycles. The Morgan fingerprint density at radius 3 is 2.19 bits per heavy atom. The van der Waals surface area contributed by atoms with E-state index in [4.69, 9.17) is 0 Å². The molecule has 0 radical (unpaired) electrons. The van der Waals surface area contributed by atoms with Crippen LogP contribution in [0.5, 0.6) is 0 Å². The molecule has 0 aliphatic heterocycles. The SMILES string of the molecule is O=C(OOC(Cc1ccccc1)[N+](=O)[O-])c1ccccc1. The van der Waals surface area contributed by atoms with Crippen molar-refractivity contribution in [2.45, 2.75) is 12.6 Å². The number of hydrogen-bond donors (Lipinski definition) is 0. The highest BCUT2D eigenvalue weighted by molar-refractivity contribution is 5.88. The van der Waals surface area contributed by atoms with Gasteiger partial charge < -0.3 is 0 Å². The van der Waals surface area contributed by atoms with Crippen molar-refractivity contribution < 1.29 is 19.5 Å². The zero-order chi connectivity index (χ0) is 15.1. The van der Waals surface area contributed by atoms with Crippen molar-refractivity contribution in [1.29, 1.82) is 0 Å². The number of nitro groups is 1. The van der Waals surface area contributed by atoms with E-state index in [0.717, 1.165) is 5.56 Å². The molecule has 0 spiro atoms. The van der Waals surface area contributed by atoms with Crippen LogP contribution in [0.3, 0.4) is 0 Å². The van der Waals surface area contributed by atoms with E-state index in [0.29, 0.717) is 0 Å². The predicted octanol–water partition coefficient (Wildman–Crippen LogP) is 2.62. The third kappa shape index (κ3) is 4.39. The van der Waals surface area contributed by atoms with Crippen LogP contribution in [-0.2, 0) is 16.2 Å². The molecule has 0 bridgehead atoms. The molecule has 6 nitrogen and oxygen atoms in total. The van der Waals surface area contributed by atoms with E-state index in [1.807, 2.05) is 0 Å². The summed E-state index contributed by atoms with van der Waals surface area (Å²) in [4.78, 5) is 31.2. The average Bonchev–Trinajstić information content (AvgIpc) is 2.52. The summed E-state index contributed by atoms with van der Waals surface area (Å²) in [6, 6.07) is 16.9. The Labute approximate surface area is 121 Å². The van der Waals surface area contributed by atoms with E-state index in [1.54, 1.807) is 48.5 Å². The molecule has 108 valence electrons. The molecule has 0 aliphatic carbocycles. The molecular weight excluding hydrogens is 274 g/mol. The Bertz CT molecular complexity index is 600. The molecule has 1 unspecified atom stereocenters. The van der Waals surface area contributed by atoms with Crippen LogP contribution in [0.2, 0.25) is 0 Å². The van der Waals surface area contributed by atoms with Crippen molar-refractivity contribution in [1.82, 2.24) is 0 Å². The van der Waals surface area contributed by atoms with Crippen LogP contribution >= 0.6 is 0 Å². The van der Waals surface area contributed by atoms with E-state index in [1.165, 1.54) is 12.1 Å². The summed E-state index contributed by atoms with van der Waals surface area (Å²) < 4.78 is 0. The summed E-state index contributed by atoms with van der Waals surface area (Å²) in [6.07, 6.45) is -1.43. The quantitative estimate of drug-likeness (QED) is 0.353. The number of carbonyl (C=O) groups excluding carboxylic acids is 1. The predicted molar refractivity (Wildman–Crippen MR) is 73.9 cm³/mol. The lowest BCUT2D eigenvalue weighted by molar-refractivity contribution is -0.612. The summed E-state index contributed by atoms with van der Waals surface area (Å²) in [6.45, 7) is 0. The number of carbonyl (C=O) groups is 1. The maximum absolute atomic E-state index is 11.7. The van der Waals surface area contributed by atoms with Crippen molar-refractivity contribution in [3.05, 3.63) is 81.9 Å². The fourth-order valence-electron chi connectivity index (χ4n) is 1.68. The highest BCUT2D eigenvalue weighted by Gasteiger charge is 2.25. The van der Waals surface area contributed by atoms with Gasteiger partial charge in [-0.1, -0.05) is 48.5 Å². The van der Waals surface area contributed by atoms with Crippen molar-refractivity contribution in [2.75, 3.05) is 0 Å². The summed E-state index contributed by atoms with van der Waals surface area (Å²) in [7, 11) is 0. The van der Waals surface area contributed by atoms with Gasteiger partial charge in [-0.2, -0.15) is 0 Å².